The minimum absolute atomic E-state index is 0.187. The predicted octanol–water partition coefficient (Wildman–Crippen LogP) is 2.26. The smallest absolute Gasteiger partial charge is 0.241 e. The van der Waals surface area contributed by atoms with E-state index in [2.05, 4.69) is 28.9 Å². The Labute approximate surface area is 143 Å². The molecule has 1 amide bonds. The zero-order valence-corrected chi connectivity index (χ0v) is 14.8. The molecule has 1 aromatic carbocycles. The van der Waals surface area contributed by atoms with E-state index < -0.39 is 0 Å². The van der Waals surface area contributed by atoms with Crippen molar-refractivity contribution in [2.24, 2.45) is 7.05 Å². The maximum atomic E-state index is 12.7. The van der Waals surface area contributed by atoms with E-state index in [-0.39, 0.29) is 11.9 Å². The highest BCUT2D eigenvalue weighted by Gasteiger charge is 2.30. The predicted molar refractivity (Wildman–Crippen MR) is 96.1 cm³/mol. The van der Waals surface area contributed by atoms with Crippen LogP contribution in [-0.4, -0.2) is 46.5 Å². The molecule has 1 aliphatic heterocycles. The number of rotatable bonds is 6. The van der Waals surface area contributed by atoms with Gasteiger partial charge in [-0.25, -0.2) is 4.98 Å². The number of fused-ring (bicyclic) bond motifs is 1. The molecule has 5 heteroatoms. The normalized spacial score (nSPS) is 16.7. The number of benzene rings is 1. The molecular weight excluding hydrogens is 300 g/mol. The number of likely N-dealkylation sites (N-methyl/N-ethyl adjacent to an activating group) is 1. The zero-order chi connectivity index (χ0) is 17.1. The molecule has 2 aromatic rings. The third-order valence-electron chi connectivity index (χ3n) is 4.74. The highest BCUT2D eigenvalue weighted by molar-refractivity contribution is 5.97. The molecule has 0 N–H and O–H groups in total. The Morgan fingerprint density at radius 3 is 2.92 bits per heavy atom. The van der Waals surface area contributed by atoms with Gasteiger partial charge in [0.05, 0.1) is 6.54 Å². The molecule has 2 heterocycles. The average molecular weight is 326 g/mol. The first-order chi connectivity index (χ1) is 11.6. The number of aromatic nitrogens is 2. The summed E-state index contributed by atoms with van der Waals surface area (Å²) in [5.41, 5.74) is 2.35. The number of hydrogen-bond acceptors (Lipinski definition) is 3. The summed E-state index contributed by atoms with van der Waals surface area (Å²) in [6.45, 7) is 3.47. The summed E-state index contributed by atoms with van der Waals surface area (Å²) < 4.78 is 2.05. The maximum Gasteiger partial charge on any atom is 0.241 e. The van der Waals surface area contributed by atoms with Crippen LogP contribution in [0, 0.1) is 0 Å². The Bertz CT molecular complexity index is 709. The number of hydrogen-bond donors (Lipinski definition) is 0. The van der Waals surface area contributed by atoms with Gasteiger partial charge >= 0.3 is 0 Å². The Balaban J connectivity index is 1.52. The summed E-state index contributed by atoms with van der Waals surface area (Å²) in [7, 11) is 4.03. The molecule has 3 rings (SSSR count). The molecule has 0 saturated heterocycles. The van der Waals surface area contributed by atoms with Crippen molar-refractivity contribution >= 4 is 11.6 Å². The van der Waals surface area contributed by atoms with Crippen LogP contribution < -0.4 is 4.90 Å². The van der Waals surface area contributed by atoms with Gasteiger partial charge in [-0.2, -0.15) is 0 Å². The van der Waals surface area contributed by atoms with Crippen LogP contribution in [0.2, 0.25) is 0 Å². The van der Waals surface area contributed by atoms with Gasteiger partial charge in [0.2, 0.25) is 5.91 Å². The Kier molecular flexibility index (Phi) is 5.00. The fourth-order valence-electron chi connectivity index (χ4n) is 3.48. The van der Waals surface area contributed by atoms with E-state index in [1.165, 1.54) is 5.56 Å². The van der Waals surface area contributed by atoms with Gasteiger partial charge in [0, 0.05) is 37.6 Å². The van der Waals surface area contributed by atoms with Crippen molar-refractivity contribution in [1.82, 2.24) is 14.5 Å². The van der Waals surface area contributed by atoms with Crippen LogP contribution in [0.4, 0.5) is 5.69 Å². The molecule has 1 aliphatic rings. The van der Waals surface area contributed by atoms with Crippen molar-refractivity contribution in [3.8, 4) is 0 Å². The number of carbonyl (C=O) groups excluding carboxylic acids is 1. The lowest BCUT2D eigenvalue weighted by atomic mass is 10.1. The third-order valence-corrected chi connectivity index (χ3v) is 4.74. The molecular formula is C19H26N4O. The minimum Gasteiger partial charge on any atom is -0.338 e. The van der Waals surface area contributed by atoms with Crippen LogP contribution in [0.25, 0.3) is 0 Å². The lowest BCUT2D eigenvalue weighted by Gasteiger charge is -2.25. The molecule has 0 fully saturated rings. The Morgan fingerprint density at radius 1 is 1.38 bits per heavy atom. The molecule has 128 valence electrons. The molecule has 5 nitrogen and oxygen atoms in total. The van der Waals surface area contributed by atoms with Crippen LogP contribution in [0.1, 0.15) is 24.7 Å². The first-order valence-electron chi connectivity index (χ1n) is 8.61. The van der Waals surface area contributed by atoms with Crippen LogP contribution in [0.3, 0.4) is 0 Å². The summed E-state index contributed by atoms with van der Waals surface area (Å²) in [5.74, 6) is 1.28. The van der Waals surface area contributed by atoms with E-state index in [9.17, 15) is 4.79 Å². The summed E-state index contributed by atoms with van der Waals surface area (Å²) in [6.07, 6.45) is 6.68. The van der Waals surface area contributed by atoms with Crippen molar-refractivity contribution in [3.63, 3.8) is 0 Å². The first kappa shape index (κ1) is 16.7. The molecule has 0 saturated carbocycles. The van der Waals surface area contributed by atoms with Gasteiger partial charge < -0.3 is 9.47 Å². The van der Waals surface area contributed by atoms with E-state index in [1.807, 2.05) is 48.1 Å². The van der Waals surface area contributed by atoms with E-state index in [0.29, 0.717) is 6.54 Å². The highest BCUT2D eigenvalue weighted by Crippen LogP contribution is 2.31. The fourth-order valence-corrected chi connectivity index (χ4v) is 3.48. The van der Waals surface area contributed by atoms with Crippen LogP contribution in [0.5, 0.6) is 0 Å². The Morgan fingerprint density at radius 2 is 2.17 bits per heavy atom. The van der Waals surface area contributed by atoms with Gasteiger partial charge in [-0.15, -0.1) is 0 Å². The summed E-state index contributed by atoms with van der Waals surface area (Å²) in [4.78, 5) is 21.2. The molecule has 0 unspecified atom stereocenters. The monoisotopic (exact) mass is 326 g/mol. The molecule has 1 aromatic heterocycles. The summed E-state index contributed by atoms with van der Waals surface area (Å²) >= 11 is 0. The highest BCUT2D eigenvalue weighted by atomic mass is 16.2. The quantitative estimate of drug-likeness (QED) is 0.818. The van der Waals surface area contributed by atoms with Crippen LogP contribution >= 0.6 is 0 Å². The largest absolute Gasteiger partial charge is 0.338 e. The van der Waals surface area contributed by atoms with Crippen LogP contribution in [0.15, 0.2) is 36.7 Å². The summed E-state index contributed by atoms with van der Waals surface area (Å²) in [5, 5.41) is 0. The van der Waals surface area contributed by atoms with Crippen molar-refractivity contribution in [3.05, 3.63) is 48.0 Å². The Hall–Kier alpha value is -2.14. The van der Waals surface area contributed by atoms with Crippen molar-refractivity contribution in [2.45, 2.75) is 32.2 Å². The van der Waals surface area contributed by atoms with Crippen molar-refractivity contribution in [1.29, 1.82) is 0 Å². The van der Waals surface area contributed by atoms with Gasteiger partial charge in [-0.05, 0) is 45.0 Å². The van der Waals surface area contributed by atoms with Gasteiger partial charge in [-0.1, -0.05) is 18.2 Å². The molecule has 0 bridgehead atoms. The second-order valence-electron chi connectivity index (χ2n) is 6.74. The second-order valence-corrected chi connectivity index (χ2v) is 6.74. The number of para-hydroxylation sites is 1. The van der Waals surface area contributed by atoms with Gasteiger partial charge in [0.25, 0.3) is 0 Å². The summed E-state index contributed by atoms with van der Waals surface area (Å²) in [6, 6.07) is 8.47. The number of imidazole rings is 1. The third kappa shape index (κ3) is 3.51. The molecule has 24 heavy (non-hydrogen) atoms. The first-order valence-corrected chi connectivity index (χ1v) is 8.61. The lowest BCUT2D eigenvalue weighted by Crippen LogP contribution is -2.42. The van der Waals surface area contributed by atoms with E-state index in [0.717, 1.165) is 37.3 Å². The number of amides is 1. The van der Waals surface area contributed by atoms with Gasteiger partial charge in [-0.3, -0.25) is 9.69 Å². The molecule has 0 spiro atoms. The van der Waals surface area contributed by atoms with Crippen LogP contribution in [-0.2, 0) is 24.7 Å². The zero-order valence-electron chi connectivity index (χ0n) is 14.8. The van der Waals surface area contributed by atoms with E-state index in [4.69, 9.17) is 0 Å². The number of aryl methyl sites for hydroxylation is 2. The lowest BCUT2D eigenvalue weighted by molar-refractivity contribution is -0.119. The van der Waals surface area contributed by atoms with E-state index >= 15 is 0 Å². The van der Waals surface area contributed by atoms with E-state index in [1.54, 1.807) is 0 Å². The topological polar surface area (TPSA) is 41.4 Å². The minimum atomic E-state index is 0.187. The molecule has 0 radical (unpaired) electrons. The maximum absolute atomic E-state index is 12.7. The second kappa shape index (κ2) is 7.18. The number of anilines is 1. The average Bonchev–Trinajstić information content (AvgIpc) is 3.09. The number of carbonyl (C=O) groups is 1. The fraction of sp³-hybridized carbons (Fsp3) is 0.474. The van der Waals surface area contributed by atoms with Gasteiger partial charge in [0.15, 0.2) is 0 Å². The van der Waals surface area contributed by atoms with Crippen molar-refractivity contribution < 1.29 is 4.79 Å². The standard InChI is InChI=1S/C19H26N4O/c1-15-13-16-7-4-5-8-17(16)23(15)19(24)14-21(2)11-6-9-18-20-10-12-22(18)3/h4-5,7-8,10,12,15H,6,9,11,13-14H2,1-3H3/t15-/m1/s1. The SMILES string of the molecule is C[C@@H]1Cc2ccccc2N1C(=O)CN(C)CCCc1nccn1C. The number of nitrogens with zero attached hydrogens (tertiary/aromatic N) is 4. The molecule has 1 atom stereocenters. The van der Waals surface area contributed by atoms with Crippen molar-refractivity contribution in [2.75, 3.05) is 25.0 Å². The molecule has 0 aliphatic carbocycles. The van der Waals surface area contributed by atoms with Gasteiger partial charge in [0.1, 0.15) is 5.82 Å².